The monoisotopic (exact) mass is 276 g/mol. The van der Waals surface area contributed by atoms with Gasteiger partial charge in [0.2, 0.25) is 0 Å². The number of rotatable bonds is 8. The summed E-state index contributed by atoms with van der Waals surface area (Å²) >= 11 is 0. The van der Waals surface area contributed by atoms with Gasteiger partial charge in [0.05, 0.1) is 0 Å². The predicted molar refractivity (Wildman–Crippen MR) is 85.4 cm³/mol. The van der Waals surface area contributed by atoms with E-state index in [1.807, 2.05) is 0 Å². The Morgan fingerprint density at radius 1 is 1.35 bits per heavy atom. The summed E-state index contributed by atoms with van der Waals surface area (Å²) in [4.78, 5) is 2.33. The maximum absolute atomic E-state index is 5.57. The van der Waals surface area contributed by atoms with Gasteiger partial charge in [-0.2, -0.15) is 0 Å². The van der Waals surface area contributed by atoms with Crippen molar-refractivity contribution in [3.05, 3.63) is 29.3 Å². The number of fused-ring (bicyclic) bond motifs is 1. The zero-order chi connectivity index (χ0) is 14.4. The lowest BCUT2D eigenvalue weighted by Gasteiger charge is -2.12. The van der Waals surface area contributed by atoms with Crippen molar-refractivity contribution in [2.45, 2.75) is 33.2 Å². The fourth-order valence-corrected chi connectivity index (χ4v) is 2.58. The first-order valence-corrected chi connectivity index (χ1v) is 7.78. The van der Waals surface area contributed by atoms with Gasteiger partial charge in [0.25, 0.3) is 0 Å². The highest BCUT2D eigenvalue weighted by molar-refractivity contribution is 5.58. The average Bonchev–Trinajstić information content (AvgIpc) is 2.78. The Kier molecular flexibility index (Phi) is 5.86. The predicted octanol–water partition coefficient (Wildman–Crippen LogP) is 2.83. The van der Waals surface area contributed by atoms with Gasteiger partial charge in [-0.1, -0.05) is 26.0 Å². The molecule has 0 radical (unpaired) electrons. The second-order valence-electron chi connectivity index (χ2n) is 6.13. The van der Waals surface area contributed by atoms with E-state index in [0.29, 0.717) is 5.92 Å². The molecule has 1 aromatic carbocycles. The maximum atomic E-state index is 5.57. The van der Waals surface area contributed by atoms with Crippen molar-refractivity contribution < 1.29 is 4.74 Å². The average molecular weight is 276 g/mol. The quantitative estimate of drug-likeness (QED) is 0.739. The summed E-state index contributed by atoms with van der Waals surface area (Å²) < 4.78 is 5.57. The molecule has 1 aliphatic rings. The molecule has 0 fully saturated rings. The van der Waals surface area contributed by atoms with Crippen molar-refractivity contribution in [3.8, 4) is 0 Å². The first-order chi connectivity index (χ1) is 9.66. The Balaban J connectivity index is 1.63. The van der Waals surface area contributed by atoms with E-state index in [1.54, 1.807) is 0 Å². The zero-order valence-corrected chi connectivity index (χ0v) is 13.1. The van der Waals surface area contributed by atoms with Gasteiger partial charge in [0.1, 0.15) is 0 Å². The van der Waals surface area contributed by atoms with E-state index in [1.165, 1.54) is 23.2 Å². The third kappa shape index (κ3) is 4.50. The summed E-state index contributed by atoms with van der Waals surface area (Å²) in [6.45, 7) is 9.24. The molecule has 0 spiro atoms. The minimum Gasteiger partial charge on any atom is -0.381 e. The molecule has 3 nitrogen and oxygen atoms in total. The normalized spacial score (nSPS) is 14.1. The summed E-state index contributed by atoms with van der Waals surface area (Å²) in [5.74, 6) is 0.632. The number of ether oxygens (including phenoxy) is 1. The van der Waals surface area contributed by atoms with Gasteiger partial charge in [0, 0.05) is 39.0 Å². The molecule has 0 amide bonds. The molecule has 0 saturated carbocycles. The first kappa shape index (κ1) is 15.3. The van der Waals surface area contributed by atoms with Crippen LogP contribution in [0.3, 0.4) is 0 Å². The highest BCUT2D eigenvalue weighted by Gasteiger charge is 2.15. The summed E-state index contributed by atoms with van der Waals surface area (Å²) in [7, 11) is 2.17. The fourth-order valence-electron chi connectivity index (χ4n) is 2.58. The SMILES string of the molecule is CC(C)COCCCNCc1ccc2c(c1)CCN2C. The lowest BCUT2D eigenvalue weighted by molar-refractivity contribution is 0.108. The standard InChI is InChI=1S/C17H28N2O/c1-14(2)13-20-10-4-8-18-12-15-5-6-17-16(11-15)7-9-19(17)3/h5-6,11,14,18H,4,7-10,12-13H2,1-3H3. The van der Waals surface area contributed by atoms with Gasteiger partial charge >= 0.3 is 0 Å². The van der Waals surface area contributed by atoms with Crippen LogP contribution in [0.1, 0.15) is 31.4 Å². The second kappa shape index (κ2) is 7.65. The number of hydrogen-bond acceptors (Lipinski definition) is 3. The van der Waals surface area contributed by atoms with E-state index >= 15 is 0 Å². The molecule has 0 aromatic heterocycles. The lowest BCUT2D eigenvalue weighted by atomic mass is 10.1. The van der Waals surface area contributed by atoms with Crippen molar-refractivity contribution >= 4 is 5.69 Å². The van der Waals surface area contributed by atoms with Crippen LogP contribution in [0.4, 0.5) is 5.69 Å². The topological polar surface area (TPSA) is 24.5 Å². The summed E-state index contributed by atoms with van der Waals surface area (Å²) in [5, 5.41) is 3.50. The van der Waals surface area contributed by atoms with Crippen LogP contribution >= 0.6 is 0 Å². The Morgan fingerprint density at radius 2 is 2.20 bits per heavy atom. The summed E-state index contributed by atoms with van der Waals surface area (Å²) in [6, 6.07) is 6.84. The molecular formula is C17H28N2O. The van der Waals surface area contributed by atoms with Gasteiger partial charge in [-0.3, -0.25) is 0 Å². The molecule has 0 unspecified atom stereocenters. The van der Waals surface area contributed by atoms with Crippen LogP contribution in [0.5, 0.6) is 0 Å². The Morgan fingerprint density at radius 3 is 3.00 bits per heavy atom. The number of benzene rings is 1. The van der Waals surface area contributed by atoms with Crippen LogP contribution in [-0.4, -0.2) is 33.4 Å². The number of hydrogen-bond donors (Lipinski definition) is 1. The van der Waals surface area contributed by atoms with E-state index in [4.69, 9.17) is 4.74 Å². The van der Waals surface area contributed by atoms with Gasteiger partial charge in [-0.05, 0) is 42.5 Å². The smallest absolute Gasteiger partial charge is 0.0489 e. The van der Waals surface area contributed by atoms with Gasteiger partial charge in [-0.15, -0.1) is 0 Å². The van der Waals surface area contributed by atoms with E-state index in [2.05, 4.69) is 49.3 Å². The molecule has 2 rings (SSSR count). The van der Waals surface area contributed by atoms with Crippen LogP contribution in [0, 0.1) is 5.92 Å². The third-order valence-electron chi connectivity index (χ3n) is 3.69. The Labute approximate surface area is 123 Å². The van der Waals surface area contributed by atoms with Gasteiger partial charge < -0.3 is 15.0 Å². The molecule has 0 aliphatic carbocycles. The van der Waals surface area contributed by atoms with Crippen molar-refractivity contribution in [1.82, 2.24) is 5.32 Å². The molecule has 0 saturated heterocycles. The largest absolute Gasteiger partial charge is 0.381 e. The second-order valence-corrected chi connectivity index (χ2v) is 6.13. The van der Waals surface area contributed by atoms with Crippen LogP contribution in [0.25, 0.3) is 0 Å². The van der Waals surface area contributed by atoms with Crippen molar-refractivity contribution in [2.24, 2.45) is 5.92 Å². The van der Waals surface area contributed by atoms with E-state index in [9.17, 15) is 0 Å². The molecule has 1 heterocycles. The molecule has 20 heavy (non-hydrogen) atoms. The van der Waals surface area contributed by atoms with Crippen molar-refractivity contribution in [3.63, 3.8) is 0 Å². The number of nitrogens with one attached hydrogen (secondary N) is 1. The minimum absolute atomic E-state index is 0.632. The van der Waals surface area contributed by atoms with Crippen LogP contribution in [0.15, 0.2) is 18.2 Å². The molecule has 3 heteroatoms. The molecular weight excluding hydrogens is 248 g/mol. The van der Waals surface area contributed by atoms with E-state index in [-0.39, 0.29) is 0 Å². The molecule has 1 aliphatic heterocycles. The maximum Gasteiger partial charge on any atom is 0.0489 e. The first-order valence-electron chi connectivity index (χ1n) is 7.78. The summed E-state index contributed by atoms with van der Waals surface area (Å²) in [5.41, 5.74) is 4.28. The fraction of sp³-hybridized carbons (Fsp3) is 0.647. The zero-order valence-electron chi connectivity index (χ0n) is 13.1. The van der Waals surface area contributed by atoms with E-state index < -0.39 is 0 Å². The highest BCUT2D eigenvalue weighted by atomic mass is 16.5. The molecule has 112 valence electrons. The van der Waals surface area contributed by atoms with Crippen molar-refractivity contribution in [1.29, 1.82) is 0 Å². The summed E-state index contributed by atoms with van der Waals surface area (Å²) in [6.07, 6.45) is 2.27. The molecule has 1 N–H and O–H groups in total. The molecule has 1 aromatic rings. The number of nitrogens with zero attached hydrogens (tertiary/aromatic N) is 1. The van der Waals surface area contributed by atoms with Crippen molar-refractivity contribution in [2.75, 3.05) is 38.3 Å². The Bertz CT molecular complexity index is 417. The van der Waals surface area contributed by atoms with Gasteiger partial charge in [0.15, 0.2) is 0 Å². The number of anilines is 1. The van der Waals surface area contributed by atoms with Crippen LogP contribution < -0.4 is 10.2 Å². The third-order valence-corrected chi connectivity index (χ3v) is 3.69. The lowest BCUT2D eigenvalue weighted by Crippen LogP contribution is -2.17. The minimum atomic E-state index is 0.632. The van der Waals surface area contributed by atoms with Crippen LogP contribution in [0.2, 0.25) is 0 Å². The van der Waals surface area contributed by atoms with Crippen LogP contribution in [-0.2, 0) is 17.7 Å². The number of likely N-dealkylation sites (N-methyl/N-ethyl adjacent to an activating group) is 1. The van der Waals surface area contributed by atoms with E-state index in [0.717, 1.165) is 39.3 Å². The molecule has 0 bridgehead atoms. The molecule has 0 atom stereocenters. The Hall–Kier alpha value is -1.06. The van der Waals surface area contributed by atoms with Gasteiger partial charge in [-0.25, -0.2) is 0 Å². The highest BCUT2D eigenvalue weighted by Crippen LogP contribution is 2.27.